The first-order valence-corrected chi connectivity index (χ1v) is 10.2. The maximum Gasteiger partial charge on any atom is 0.289 e. The van der Waals surface area contributed by atoms with Crippen molar-refractivity contribution >= 4 is 12.1 Å². The van der Waals surface area contributed by atoms with E-state index >= 15 is 0 Å². The van der Waals surface area contributed by atoms with E-state index < -0.39 is 5.91 Å². The molecule has 0 aliphatic rings. The fraction of sp³-hybridized carbons (Fsp3) is 0.167. The van der Waals surface area contributed by atoms with E-state index in [1.54, 1.807) is 38.5 Å². The minimum Gasteiger partial charge on any atom is -0.497 e. The largest absolute Gasteiger partial charge is 0.497 e. The molecule has 2 heterocycles. The summed E-state index contributed by atoms with van der Waals surface area (Å²) in [5.41, 5.74) is 7.67. The second kappa shape index (κ2) is 9.39. The highest BCUT2D eigenvalue weighted by Gasteiger charge is 2.19. The van der Waals surface area contributed by atoms with Crippen molar-refractivity contribution in [2.75, 3.05) is 14.2 Å². The molecule has 0 bridgehead atoms. The fourth-order valence-corrected chi connectivity index (χ4v) is 3.56. The van der Waals surface area contributed by atoms with Crippen molar-refractivity contribution < 1.29 is 14.3 Å². The molecule has 0 saturated heterocycles. The molecule has 0 atom stereocenters. The number of carbonyl (C=O) groups excluding carboxylic acids is 1. The summed E-state index contributed by atoms with van der Waals surface area (Å²) in [6.45, 7) is 3.89. The van der Waals surface area contributed by atoms with Gasteiger partial charge in [0.1, 0.15) is 17.2 Å². The zero-order valence-corrected chi connectivity index (χ0v) is 18.8. The Kier molecular flexibility index (Phi) is 6.21. The van der Waals surface area contributed by atoms with Gasteiger partial charge < -0.3 is 9.47 Å². The molecule has 4 aromatic rings. The van der Waals surface area contributed by atoms with Crippen LogP contribution in [0.2, 0.25) is 0 Å². The summed E-state index contributed by atoms with van der Waals surface area (Å²) >= 11 is 0. The zero-order valence-electron chi connectivity index (χ0n) is 18.8. The number of hydrogen-bond acceptors (Lipinski definition) is 6. The number of aromatic nitrogens is 4. The second-order valence-corrected chi connectivity index (χ2v) is 7.27. The zero-order chi connectivity index (χ0) is 23.4. The van der Waals surface area contributed by atoms with E-state index in [4.69, 9.17) is 9.47 Å². The molecule has 0 radical (unpaired) electrons. The topological polar surface area (TPSA) is 106 Å². The van der Waals surface area contributed by atoms with Gasteiger partial charge in [0, 0.05) is 11.1 Å². The number of amides is 1. The normalized spacial score (nSPS) is 11.0. The summed E-state index contributed by atoms with van der Waals surface area (Å²) in [4.78, 5) is 12.6. The van der Waals surface area contributed by atoms with Crippen LogP contribution in [-0.4, -0.2) is 46.3 Å². The Bertz CT molecular complexity index is 1310. The molecule has 0 unspecified atom stereocenters. The van der Waals surface area contributed by atoms with Crippen LogP contribution in [-0.2, 0) is 0 Å². The lowest BCUT2D eigenvalue weighted by molar-refractivity contribution is 0.0950. The number of aromatic amines is 1. The number of nitrogens with zero attached hydrogens (tertiary/aromatic N) is 4. The Morgan fingerprint density at radius 1 is 1.09 bits per heavy atom. The molecule has 168 valence electrons. The Morgan fingerprint density at radius 2 is 1.88 bits per heavy atom. The van der Waals surface area contributed by atoms with Gasteiger partial charge in [-0.05, 0) is 50.2 Å². The van der Waals surface area contributed by atoms with Crippen molar-refractivity contribution in [1.82, 2.24) is 25.4 Å². The van der Waals surface area contributed by atoms with Crippen LogP contribution in [0.1, 0.15) is 27.4 Å². The van der Waals surface area contributed by atoms with Crippen LogP contribution in [0.5, 0.6) is 11.5 Å². The predicted octanol–water partition coefficient (Wildman–Crippen LogP) is 3.66. The Hall–Kier alpha value is -4.40. The van der Waals surface area contributed by atoms with Crippen LogP contribution in [0.3, 0.4) is 0 Å². The number of rotatable bonds is 7. The summed E-state index contributed by atoms with van der Waals surface area (Å²) in [7, 11) is 3.14. The molecule has 2 N–H and O–H groups in total. The highest BCUT2D eigenvalue weighted by Crippen LogP contribution is 2.27. The smallest absolute Gasteiger partial charge is 0.289 e. The van der Waals surface area contributed by atoms with Gasteiger partial charge in [-0.15, -0.1) is 0 Å². The SMILES string of the molecule is COc1ccc(OC)c(/C=N\NC(=O)c2cc(-c3c(C)nn(-c4ccccc4)c3C)n[nH]2)c1. The van der Waals surface area contributed by atoms with Crippen molar-refractivity contribution in [3.8, 4) is 28.4 Å². The minimum atomic E-state index is -0.419. The molecule has 0 aliphatic heterocycles. The number of para-hydroxylation sites is 1. The number of hydrogen-bond donors (Lipinski definition) is 2. The number of methoxy groups -OCH3 is 2. The monoisotopic (exact) mass is 444 g/mol. The lowest BCUT2D eigenvalue weighted by Gasteiger charge is -2.06. The van der Waals surface area contributed by atoms with Crippen molar-refractivity contribution in [3.05, 3.63) is 77.2 Å². The standard InChI is InChI=1S/C24H24N6O3/c1-15-23(16(2)30(29-15)18-8-6-5-7-9-18)20-13-21(27-26-20)24(31)28-25-14-17-12-19(32-3)10-11-22(17)33-4/h5-14H,1-4H3,(H,26,27)(H,28,31)/b25-14-. The average molecular weight is 444 g/mol. The highest BCUT2D eigenvalue weighted by molar-refractivity contribution is 5.94. The van der Waals surface area contributed by atoms with E-state index in [-0.39, 0.29) is 5.69 Å². The molecular weight excluding hydrogens is 420 g/mol. The van der Waals surface area contributed by atoms with Crippen LogP contribution in [0, 0.1) is 13.8 Å². The van der Waals surface area contributed by atoms with Gasteiger partial charge in [-0.25, -0.2) is 10.1 Å². The summed E-state index contributed by atoms with van der Waals surface area (Å²) in [6.07, 6.45) is 1.49. The van der Waals surface area contributed by atoms with E-state index in [1.165, 1.54) is 6.21 Å². The minimum absolute atomic E-state index is 0.283. The molecule has 0 aliphatic carbocycles. The van der Waals surface area contributed by atoms with Gasteiger partial charge in [0.15, 0.2) is 0 Å². The van der Waals surface area contributed by atoms with Crippen molar-refractivity contribution in [2.24, 2.45) is 5.10 Å². The third-order valence-electron chi connectivity index (χ3n) is 5.18. The Labute approximate surface area is 191 Å². The van der Waals surface area contributed by atoms with Crippen LogP contribution < -0.4 is 14.9 Å². The molecule has 2 aromatic carbocycles. The third-order valence-corrected chi connectivity index (χ3v) is 5.18. The van der Waals surface area contributed by atoms with E-state index in [0.29, 0.717) is 22.8 Å². The quantitative estimate of drug-likeness (QED) is 0.334. The number of H-pyrrole nitrogens is 1. The number of carbonyl (C=O) groups is 1. The van der Waals surface area contributed by atoms with E-state index in [2.05, 4.69) is 25.8 Å². The molecule has 9 heteroatoms. The van der Waals surface area contributed by atoms with Gasteiger partial charge in [-0.1, -0.05) is 18.2 Å². The second-order valence-electron chi connectivity index (χ2n) is 7.27. The van der Waals surface area contributed by atoms with Gasteiger partial charge in [-0.2, -0.15) is 15.3 Å². The number of benzene rings is 2. The molecule has 0 spiro atoms. The van der Waals surface area contributed by atoms with E-state index in [0.717, 1.165) is 22.6 Å². The molecule has 1 amide bonds. The van der Waals surface area contributed by atoms with Gasteiger partial charge in [0.05, 0.1) is 43.2 Å². The van der Waals surface area contributed by atoms with Gasteiger partial charge in [0.25, 0.3) is 5.91 Å². The molecule has 2 aromatic heterocycles. The summed E-state index contributed by atoms with van der Waals surface area (Å²) in [5, 5.41) is 15.8. The number of hydrazone groups is 1. The van der Waals surface area contributed by atoms with E-state index in [1.807, 2.05) is 48.9 Å². The Balaban J connectivity index is 1.52. The maximum absolute atomic E-state index is 12.6. The average Bonchev–Trinajstić information content (AvgIpc) is 3.43. The molecule has 0 saturated carbocycles. The highest BCUT2D eigenvalue weighted by atomic mass is 16.5. The predicted molar refractivity (Wildman–Crippen MR) is 125 cm³/mol. The fourth-order valence-electron chi connectivity index (χ4n) is 3.56. The van der Waals surface area contributed by atoms with Crippen molar-refractivity contribution in [1.29, 1.82) is 0 Å². The lowest BCUT2D eigenvalue weighted by Crippen LogP contribution is -2.18. The Morgan fingerprint density at radius 3 is 2.61 bits per heavy atom. The first-order valence-electron chi connectivity index (χ1n) is 10.2. The first-order chi connectivity index (χ1) is 16.0. The number of aryl methyl sites for hydroxylation is 1. The van der Waals surface area contributed by atoms with Crippen LogP contribution >= 0.6 is 0 Å². The summed E-state index contributed by atoms with van der Waals surface area (Å²) < 4.78 is 12.4. The number of ether oxygens (including phenoxy) is 2. The van der Waals surface area contributed by atoms with Gasteiger partial charge in [0.2, 0.25) is 0 Å². The summed E-state index contributed by atoms with van der Waals surface area (Å²) in [5.74, 6) is 0.847. The molecular formula is C24H24N6O3. The van der Waals surface area contributed by atoms with Gasteiger partial charge >= 0.3 is 0 Å². The lowest BCUT2D eigenvalue weighted by atomic mass is 10.1. The maximum atomic E-state index is 12.6. The van der Waals surface area contributed by atoms with Crippen LogP contribution in [0.25, 0.3) is 16.9 Å². The van der Waals surface area contributed by atoms with Gasteiger partial charge in [-0.3, -0.25) is 9.89 Å². The third kappa shape index (κ3) is 4.47. The molecule has 33 heavy (non-hydrogen) atoms. The van der Waals surface area contributed by atoms with Crippen LogP contribution in [0.4, 0.5) is 0 Å². The van der Waals surface area contributed by atoms with E-state index in [9.17, 15) is 4.79 Å². The van der Waals surface area contributed by atoms with Crippen molar-refractivity contribution in [2.45, 2.75) is 13.8 Å². The molecule has 9 nitrogen and oxygen atoms in total. The van der Waals surface area contributed by atoms with Crippen LogP contribution in [0.15, 0.2) is 59.7 Å². The van der Waals surface area contributed by atoms with Crippen molar-refractivity contribution in [3.63, 3.8) is 0 Å². The summed E-state index contributed by atoms with van der Waals surface area (Å²) in [6, 6.07) is 16.9. The molecule has 0 fully saturated rings. The first kappa shape index (κ1) is 21.8. The molecule has 4 rings (SSSR count). The number of nitrogens with one attached hydrogen (secondary N) is 2.